The number of hydrogen-bond acceptors (Lipinski definition) is 7. The highest BCUT2D eigenvalue weighted by molar-refractivity contribution is 8.13. The van der Waals surface area contributed by atoms with Crippen molar-refractivity contribution in [2.45, 2.75) is 56.4 Å². The van der Waals surface area contributed by atoms with Crippen LogP contribution in [0.3, 0.4) is 0 Å². The summed E-state index contributed by atoms with van der Waals surface area (Å²) < 4.78 is 0. The minimum absolute atomic E-state index is 0.0854. The van der Waals surface area contributed by atoms with E-state index in [2.05, 4.69) is 66.1 Å². The lowest BCUT2D eigenvalue weighted by atomic mass is 10.1. The summed E-state index contributed by atoms with van der Waals surface area (Å²) in [6.45, 7) is 2.31. The largest absolute Gasteiger partial charge is 0.396 e. The van der Waals surface area contributed by atoms with Gasteiger partial charge in [-0.3, -0.25) is 0 Å². The maximum Gasteiger partial charge on any atom is 0.225 e. The number of aliphatic imine (C=N–C) groups is 1. The fourth-order valence-electron chi connectivity index (χ4n) is 5.29. The van der Waals surface area contributed by atoms with Gasteiger partial charge in [0, 0.05) is 18.4 Å². The minimum Gasteiger partial charge on any atom is -0.396 e. The van der Waals surface area contributed by atoms with Gasteiger partial charge in [0.05, 0.1) is 22.5 Å². The first kappa shape index (κ1) is 22.6. The Morgan fingerprint density at radius 1 is 1.03 bits per heavy atom. The number of aliphatic hydroxyl groups is 1. The van der Waals surface area contributed by atoms with Gasteiger partial charge in [0.1, 0.15) is 10.9 Å². The Balaban J connectivity index is 1.36. The van der Waals surface area contributed by atoms with Crippen molar-refractivity contribution in [2.75, 3.05) is 17.2 Å². The van der Waals surface area contributed by atoms with Gasteiger partial charge in [-0.1, -0.05) is 48.5 Å². The van der Waals surface area contributed by atoms with Gasteiger partial charge < -0.3 is 15.7 Å². The first-order chi connectivity index (χ1) is 17.1. The molecular formula is C28H31N5OS. The van der Waals surface area contributed by atoms with E-state index in [-0.39, 0.29) is 12.1 Å². The first-order valence-electron chi connectivity index (χ1n) is 12.5. The molecule has 1 aliphatic heterocycles. The number of fused-ring (bicyclic) bond motifs is 1. The monoisotopic (exact) mass is 485 g/mol. The molecule has 180 valence electrons. The van der Waals surface area contributed by atoms with E-state index >= 15 is 0 Å². The van der Waals surface area contributed by atoms with Crippen molar-refractivity contribution in [1.82, 2.24) is 9.97 Å². The SMILES string of the molecule is Cc1nc(NC2(c3ccccc3)CC2)nc(NC2CCC(CO)C2)c1C1=Nc2ccccc2CS1. The van der Waals surface area contributed by atoms with Crippen molar-refractivity contribution >= 4 is 34.3 Å². The van der Waals surface area contributed by atoms with E-state index in [0.29, 0.717) is 17.9 Å². The highest BCUT2D eigenvalue weighted by atomic mass is 32.2. The van der Waals surface area contributed by atoms with E-state index in [1.807, 2.05) is 6.07 Å². The maximum absolute atomic E-state index is 9.65. The molecule has 2 atom stereocenters. The molecule has 2 aromatic carbocycles. The number of thioether (sulfide) groups is 1. The zero-order valence-corrected chi connectivity index (χ0v) is 20.8. The van der Waals surface area contributed by atoms with Crippen LogP contribution in [-0.2, 0) is 11.3 Å². The van der Waals surface area contributed by atoms with Crippen LogP contribution in [0.25, 0.3) is 0 Å². The van der Waals surface area contributed by atoms with E-state index in [1.54, 1.807) is 11.8 Å². The Kier molecular flexibility index (Phi) is 5.98. The van der Waals surface area contributed by atoms with Crippen LogP contribution in [0.15, 0.2) is 59.6 Å². The second-order valence-electron chi connectivity index (χ2n) is 9.97. The Bertz CT molecular complexity index is 1260. The van der Waals surface area contributed by atoms with Crippen LogP contribution < -0.4 is 10.6 Å². The van der Waals surface area contributed by atoms with Crippen LogP contribution in [0.4, 0.5) is 17.5 Å². The van der Waals surface area contributed by atoms with E-state index in [1.165, 1.54) is 11.1 Å². The zero-order chi connectivity index (χ0) is 23.8. The van der Waals surface area contributed by atoms with Gasteiger partial charge in [0.25, 0.3) is 0 Å². The highest BCUT2D eigenvalue weighted by Gasteiger charge is 2.45. The van der Waals surface area contributed by atoms with Crippen molar-refractivity contribution in [1.29, 1.82) is 0 Å². The van der Waals surface area contributed by atoms with Crippen LogP contribution >= 0.6 is 11.8 Å². The molecule has 3 N–H and O–H groups in total. The summed E-state index contributed by atoms with van der Waals surface area (Å²) >= 11 is 1.75. The smallest absolute Gasteiger partial charge is 0.225 e. The molecule has 0 radical (unpaired) electrons. The predicted molar refractivity (Wildman–Crippen MR) is 144 cm³/mol. The lowest BCUT2D eigenvalue weighted by molar-refractivity contribution is 0.229. The third kappa shape index (κ3) is 4.55. The zero-order valence-electron chi connectivity index (χ0n) is 20.0. The van der Waals surface area contributed by atoms with Crippen LogP contribution in [-0.4, -0.2) is 32.8 Å². The third-order valence-corrected chi connectivity index (χ3v) is 8.47. The Morgan fingerprint density at radius 3 is 2.60 bits per heavy atom. The molecule has 0 saturated heterocycles. The number of nitrogens with one attached hydrogen (secondary N) is 2. The van der Waals surface area contributed by atoms with Crippen molar-refractivity contribution < 1.29 is 5.11 Å². The Labute approximate surface area is 210 Å². The summed E-state index contributed by atoms with van der Waals surface area (Å²) in [7, 11) is 0. The second kappa shape index (κ2) is 9.28. The molecule has 0 amide bonds. The van der Waals surface area contributed by atoms with Crippen LogP contribution in [0.2, 0.25) is 0 Å². The number of anilines is 2. The average Bonchev–Trinajstić information content (AvgIpc) is 3.52. The topological polar surface area (TPSA) is 82.4 Å². The lowest BCUT2D eigenvalue weighted by Crippen LogP contribution is -2.24. The van der Waals surface area contributed by atoms with Gasteiger partial charge in [-0.2, -0.15) is 4.98 Å². The molecule has 2 saturated carbocycles. The van der Waals surface area contributed by atoms with E-state index in [4.69, 9.17) is 15.0 Å². The van der Waals surface area contributed by atoms with Crippen molar-refractivity contribution in [3.63, 3.8) is 0 Å². The van der Waals surface area contributed by atoms with E-state index in [9.17, 15) is 5.11 Å². The van der Waals surface area contributed by atoms with Gasteiger partial charge in [0.15, 0.2) is 0 Å². The molecule has 3 aliphatic rings. The number of aryl methyl sites for hydroxylation is 1. The molecule has 3 aromatic rings. The molecule has 2 fully saturated rings. The maximum atomic E-state index is 9.65. The van der Waals surface area contributed by atoms with E-state index in [0.717, 1.165) is 65.7 Å². The Hall–Kier alpha value is -2.90. The molecule has 2 heterocycles. The molecule has 6 nitrogen and oxygen atoms in total. The van der Waals surface area contributed by atoms with Crippen molar-refractivity contribution in [3.05, 3.63) is 77.0 Å². The molecule has 0 bridgehead atoms. The van der Waals surface area contributed by atoms with Crippen molar-refractivity contribution in [2.24, 2.45) is 10.9 Å². The summed E-state index contributed by atoms with van der Waals surface area (Å²) in [6, 6.07) is 19.2. The average molecular weight is 486 g/mol. The van der Waals surface area contributed by atoms with Crippen LogP contribution in [0, 0.1) is 12.8 Å². The molecular weight excluding hydrogens is 454 g/mol. The van der Waals surface area contributed by atoms with Gasteiger partial charge in [-0.25, -0.2) is 9.98 Å². The number of rotatable bonds is 7. The molecule has 35 heavy (non-hydrogen) atoms. The molecule has 7 heteroatoms. The van der Waals surface area contributed by atoms with E-state index < -0.39 is 0 Å². The fourth-order valence-corrected chi connectivity index (χ4v) is 6.38. The summed E-state index contributed by atoms with van der Waals surface area (Å²) in [5.41, 5.74) is 5.40. The number of nitrogens with zero attached hydrogens (tertiary/aromatic N) is 3. The van der Waals surface area contributed by atoms with Gasteiger partial charge in [-0.05, 0) is 62.1 Å². The highest BCUT2D eigenvalue weighted by Crippen LogP contribution is 2.48. The van der Waals surface area contributed by atoms with Gasteiger partial charge >= 0.3 is 0 Å². The first-order valence-corrected chi connectivity index (χ1v) is 13.5. The fraction of sp³-hybridized carbons (Fsp3) is 0.393. The standard InChI is InChI=1S/C28H31N5OS/c1-18-24(26-31-23-10-6-5-7-20(23)17-35-26)25(30-22-12-11-19(15-22)16-34)32-27(29-18)33-28(13-14-28)21-8-3-2-4-9-21/h2-10,19,22,34H,11-17H2,1H3,(H2,29,30,32,33). The molecule has 2 aliphatic carbocycles. The predicted octanol–water partition coefficient (Wildman–Crippen LogP) is 5.78. The molecule has 2 unspecified atom stereocenters. The van der Waals surface area contributed by atoms with Crippen molar-refractivity contribution in [3.8, 4) is 0 Å². The number of aliphatic hydroxyl groups excluding tert-OH is 1. The number of hydrogen-bond donors (Lipinski definition) is 3. The number of benzene rings is 2. The lowest BCUT2D eigenvalue weighted by Gasteiger charge is -2.23. The number of aromatic nitrogens is 2. The third-order valence-electron chi connectivity index (χ3n) is 7.45. The quantitative estimate of drug-likeness (QED) is 0.393. The van der Waals surface area contributed by atoms with Gasteiger partial charge in [-0.15, -0.1) is 11.8 Å². The van der Waals surface area contributed by atoms with Crippen LogP contribution in [0.1, 0.15) is 54.5 Å². The molecule has 1 aromatic heterocycles. The summed E-state index contributed by atoms with van der Waals surface area (Å²) in [5, 5.41) is 18.0. The summed E-state index contributed by atoms with van der Waals surface area (Å²) in [6.07, 6.45) is 5.18. The second-order valence-corrected chi connectivity index (χ2v) is 10.9. The molecule has 0 spiro atoms. The normalized spacial score (nSPS) is 22.3. The number of para-hydroxylation sites is 1. The summed E-state index contributed by atoms with van der Waals surface area (Å²) in [5.74, 6) is 2.75. The molecule has 6 rings (SSSR count). The van der Waals surface area contributed by atoms with Crippen LogP contribution in [0.5, 0.6) is 0 Å². The summed E-state index contributed by atoms with van der Waals surface area (Å²) in [4.78, 5) is 15.0. The van der Waals surface area contributed by atoms with Gasteiger partial charge in [0.2, 0.25) is 5.95 Å². The Morgan fingerprint density at radius 2 is 1.83 bits per heavy atom. The minimum atomic E-state index is -0.0854.